The third kappa shape index (κ3) is 3.83. The van der Waals surface area contributed by atoms with Crippen molar-refractivity contribution in [2.24, 2.45) is 0 Å². The van der Waals surface area contributed by atoms with Crippen molar-refractivity contribution < 1.29 is 29.1 Å². The number of nitrogens with zero attached hydrogens (tertiary/aromatic N) is 2. The lowest BCUT2D eigenvalue weighted by Crippen LogP contribution is -2.29. The van der Waals surface area contributed by atoms with E-state index in [4.69, 9.17) is 9.47 Å². The number of amides is 1. The Kier molecular flexibility index (Phi) is 6.01. The van der Waals surface area contributed by atoms with E-state index in [2.05, 4.69) is 0 Å². The number of aliphatic hydroxyl groups is 1. The number of hydrogen-bond donors (Lipinski definition) is 1. The van der Waals surface area contributed by atoms with E-state index in [0.717, 1.165) is 0 Å². The Labute approximate surface area is 194 Å². The first kappa shape index (κ1) is 22.5. The summed E-state index contributed by atoms with van der Waals surface area (Å²) >= 11 is 0. The molecule has 0 saturated carbocycles. The number of nitro groups is 1. The number of Topliss-reactive ketones (excluding diaryl/α,β-unsaturated/α-hetero) is 1. The SMILES string of the molecule is COc1ccc(C2C(=C(O)c3ccccc3)C(=O)C(=O)N2c2ccc([N+](=O)[O-])cc2)c(OC)c1. The average Bonchev–Trinajstić information content (AvgIpc) is 3.13. The topological polar surface area (TPSA) is 119 Å². The van der Waals surface area contributed by atoms with Gasteiger partial charge in [-0.25, -0.2) is 0 Å². The van der Waals surface area contributed by atoms with Gasteiger partial charge < -0.3 is 14.6 Å². The summed E-state index contributed by atoms with van der Waals surface area (Å²) in [7, 11) is 2.93. The maximum absolute atomic E-state index is 13.2. The first-order valence-corrected chi connectivity index (χ1v) is 10.2. The molecule has 1 aliphatic heterocycles. The van der Waals surface area contributed by atoms with Crippen LogP contribution in [-0.4, -0.2) is 35.9 Å². The molecule has 34 heavy (non-hydrogen) atoms. The molecule has 1 amide bonds. The van der Waals surface area contributed by atoms with Gasteiger partial charge in [0.2, 0.25) is 0 Å². The standard InChI is InChI=1S/C25H20N2O7/c1-33-18-12-13-19(20(14-18)34-2)22-21(23(28)15-6-4-3-5-7-15)24(29)25(30)26(22)16-8-10-17(11-9-16)27(31)32/h3-14,22,28H,1-2H3. The second-order valence-corrected chi connectivity index (χ2v) is 7.42. The molecule has 3 aromatic carbocycles. The van der Waals surface area contributed by atoms with E-state index in [1.807, 2.05) is 0 Å². The smallest absolute Gasteiger partial charge is 0.300 e. The van der Waals surface area contributed by atoms with E-state index < -0.39 is 22.7 Å². The number of nitro benzene ring substituents is 1. The average molecular weight is 460 g/mol. The molecular formula is C25H20N2O7. The van der Waals surface area contributed by atoms with Gasteiger partial charge in [-0.2, -0.15) is 0 Å². The number of hydrogen-bond acceptors (Lipinski definition) is 7. The summed E-state index contributed by atoms with van der Waals surface area (Å²) in [6.07, 6.45) is 0. The van der Waals surface area contributed by atoms with Gasteiger partial charge in [0.25, 0.3) is 17.4 Å². The van der Waals surface area contributed by atoms with Crippen LogP contribution in [0.1, 0.15) is 17.2 Å². The van der Waals surface area contributed by atoms with Gasteiger partial charge in [-0.15, -0.1) is 0 Å². The molecule has 0 radical (unpaired) electrons. The summed E-state index contributed by atoms with van der Waals surface area (Å²) in [5, 5.41) is 22.2. The lowest BCUT2D eigenvalue weighted by Gasteiger charge is -2.26. The Morgan fingerprint density at radius 1 is 0.971 bits per heavy atom. The van der Waals surface area contributed by atoms with E-state index in [-0.39, 0.29) is 22.7 Å². The van der Waals surface area contributed by atoms with Gasteiger partial charge in [0.05, 0.1) is 30.8 Å². The third-order valence-corrected chi connectivity index (χ3v) is 5.57. The Bertz CT molecular complexity index is 1300. The van der Waals surface area contributed by atoms with Crippen LogP contribution in [0.25, 0.3) is 5.76 Å². The number of rotatable bonds is 6. The molecule has 4 rings (SSSR count). The Morgan fingerprint density at radius 3 is 2.24 bits per heavy atom. The summed E-state index contributed by atoms with van der Waals surface area (Å²) in [6.45, 7) is 0. The molecule has 1 saturated heterocycles. The lowest BCUT2D eigenvalue weighted by molar-refractivity contribution is -0.384. The summed E-state index contributed by atoms with van der Waals surface area (Å²) in [6, 6.07) is 17.5. The number of aliphatic hydroxyl groups excluding tert-OH is 1. The molecular weight excluding hydrogens is 440 g/mol. The summed E-state index contributed by atoms with van der Waals surface area (Å²) < 4.78 is 10.8. The van der Waals surface area contributed by atoms with E-state index >= 15 is 0 Å². The number of carbonyl (C=O) groups excluding carboxylic acids is 2. The first-order valence-electron chi connectivity index (χ1n) is 10.2. The number of ether oxygens (including phenoxy) is 2. The van der Waals surface area contributed by atoms with Gasteiger partial charge in [-0.3, -0.25) is 24.6 Å². The largest absolute Gasteiger partial charge is 0.507 e. The number of ketones is 1. The minimum absolute atomic E-state index is 0.127. The van der Waals surface area contributed by atoms with Crippen molar-refractivity contribution in [3.05, 3.63) is 99.6 Å². The molecule has 0 aliphatic carbocycles. The van der Waals surface area contributed by atoms with Crippen molar-refractivity contribution in [2.45, 2.75) is 6.04 Å². The Hall–Kier alpha value is -4.66. The molecule has 0 bridgehead atoms. The van der Waals surface area contributed by atoms with E-state index in [1.165, 1.54) is 43.4 Å². The molecule has 1 atom stereocenters. The van der Waals surface area contributed by atoms with Crippen LogP contribution < -0.4 is 14.4 Å². The highest BCUT2D eigenvalue weighted by atomic mass is 16.6. The molecule has 3 aromatic rings. The van der Waals surface area contributed by atoms with Crippen LogP contribution in [0.4, 0.5) is 11.4 Å². The molecule has 1 N–H and O–H groups in total. The van der Waals surface area contributed by atoms with Crippen molar-refractivity contribution in [1.82, 2.24) is 0 Å². The van der Waals surface area contributed by atoms with Crippen LogP contribution in [0.15, 0.2) is 78.4 Å². The van der Waals surface area contributed by atoms with Crippen LogP contribution in [0.5, 0.6) is 11.5 Å². The predicted molar refractivity (Wildman–Crippen MR) is 124 cm³/mol. The van der Waals surface area contributed by atoms with E-state index in [9.17, 15) is 24.8 Å². The van der Waals surface area contributed by atoms with Crippen LogP contribution in [0.3, 0.4) is 0 Å². The zero-order valence-corrected chi connectivity index (χ0v) is 18.3. The first-order chi connectivity index (χ1) is 16.4. The minimum Gasteiger partial charge on any atom is -0.507 e. The monoisotopic (exact) mass is 460 g/mol. The molecule has 172 valence electrons. The molecule has 9 heteroatoms. The van der Waals surface area contributed by atoms with Crippen molar-refractivity contribution >= 4 is 28.8 Å². The number of anilines is 1. The van der Waals surface area contributed by atoms with Crippen molar-refractivity contribution in [1.29, 1.82) is 0 Å². The quantitative estimate of drug-likeness (QED) is 0.192. The van der Waals surface area contributed by atoms with Gasteiger partial charge in [0.15, 0.2) is 0 Å². The van der Waals surface area contributed by atoms with Gasteiger partial charge in [0.1, 0.15) is 17.3 Å². The van der Waals surface area contributed by atoms with E-state index in [1.54, 1.807) is 48.5 Å². The third-order valence-electron chi connectivity index (χ3n) is 5.57. The highest BCUT2D eigenvalue weighted by molar-refractivity contribution is 6.51. The van der Waals surface area contributed by atoms with Gasteiger partial charge >= 0.3 is 0 Å². The van der Waals surface area contributed by atoms with Crippen molar-refractivity contribution in [3.8, 4) is 11.5 Å². The minimum atomic E-state index is -1.05. The zero-order chi connectivity index (χ0) is 24.4. The summed E-state index contributed by atoms with van der Waals surface area (Å²) in [5.74, 6) is -1.28. The van der Waals surface area contributed by atoms with Gasteiger partial charge in [0, 0.05) is 35.0 Å². The molecule has 0 spiro atoms. The molecule has 1 aliphatic rings. The van der Waals surface area contributed by atoms with Crippen molar-refractivity contribution in [3.63, 3.8) is 0 Å². The van der Waals surface area contributed by atoms with Crippen LogP contribution in [0.2, 0.25) is 0 Å². The highest BCUT2D eigenvalue weighted by Crippen LogP contribution is 2.45. The molecule has 0 aromatic heterocycles. The molecule has 1 heterocycles. The molecule has 1 unspecified atom stereocenters. The Balaban J connectivity index is 1.97. The van der Waals surface area contributed by atoms with E-state index in [0.29, 0.717) is 22.6 Å². The number of benzene rings is 3. The van der Waals surface area contributed by atoms with Crippen LogP contribution in [-0.2, 0) is 9.59 Å². The number of methoxy groups -OCH3 is 2. The fraction of sp³-hybridized carbons (Fsp3) is 0.120. The number of carbonyl (C=O) groups is 2. The van der Waals surface area contributed by atoms with Gasteiger partial charge in [-0.1, -0.05) is 30.3 Å². The lowest BCUT2D eigenvalue weighted by atomic mass is 9.94. The van der Waals surface area contributed by atoms with Gasteiger partial charge in [-0.05, 0) is 24.3 Å². The second kappa shape index (κ2) is 9.07. The second-order valence-electron chi connectivity index (χ2n) is 7.42. The summed E-state index contributed by atoms with van der Waals surface area (Å²) in [5.41, 5.74) is 0.754. The molecule has 9 nitrogen and oxygen atoms in total. The van der Waals surface area contributed by atoms with Crippen molar-refractivity contribution in [2.75, 3.05) is 19.1 Å². The maximum Gasteiger partial charge on any atom is 0.300 e. The predicted octanol–water partition coefficient (Wildman–Crippen LogP) is 4.24. The van der Waals surface area contributed by atoms with Crippen LogP contribution in [0, 0.1) is 10.1 Å². The van der Waals surface area contributed by atoms with Crippen LogP contribution >= 0.6 is 0 Å². The fourth-order valence-corrected chi connectivity index (χ4v) is 3.92. The normalized spacial score (nSPS) is 17.0. The number of non-ortho nitro benzene ring substituents is 1. The summed E-state index contributed by atoms with van der Waals surface area (Å²) in [4.78, 5) is 38.1. The zero-order valence-electron chi connectivity index (χ0n) is 18.3. The maximum atomic E-state index is 13.2. The molecule has 1 fully saturated rings. The highest BCUT2D eigenvalue weighted by Gasteiger charge is 2.48. The fourth-order valence-electron chi connectivity index (χ4n) is 3.92. The Morgan fingerprint density at radius 2 is 1.65 bits per heavy atom.